The van der Waals surface area contributed by atoms with Crippen LogP contribution in [0.5, 0.6) is 0 Å². The van der Waals surface area contributed by atoms with Crippen molar-refractivity contribution in [2.45, 2.75) is 45.4 Å². The first-order valence-corrected chi connectivity index (χ1v) is 6.48. The summed E-state index contributed by atoms with van der Waals surface area (Å²) in [4.78, 5) is 33.1. The second kappa shape index (κ2) is 4.34. The minimum atomic E-state index is -0.436. The summed E-state index contributed by atoms with van der Waals surface area (Å²) in [6.45, 7) is 4.30. The van der Waals surface area contributed by atoms with Crippen molar-refractivity contribution >= 4 is 11.2 Å². The number of aryl methyl sites for hydroxylation is 1. The number of ether oxygens (including phenoxy) is 1. The summed E-state index contributed by atoms with van der Waals surface area (Å²) in [6.07, 6.45) is 1.92. The molecule has 102 valence electrons. The first kappa shape index (κ1) is 12.2. The van der Waals surface area contributed by atoms with Crippen molar-refractivity contribution in [1.82, 2.24) is 19.5 Å². The fourth-order valence-corrected chi connectivity index (χ4v) is 2.51. The number of aromatic nitrogens is 4. The van der Waals surface area contributed by atoms with Crippen LogP contribution in [0.25, 0.3) is 11.2 Å². The topological polar surface area (TPSA) is 92.8 Å². The van der Waals surface area contributed by atoms with E-state index in [9.17, 15) is 9.59 Å². The van der Waals surface area contributed by atoms with Gasteiger partial charge in [0.25, 0.3) is 5.56 Å². The van der Waals surface area contributed by atoms with Gasteiger partial charge in [0, 0.05) is 6.54 Å². The van der Waals surface area contributed by atoms with Crippen LogP contribution in [0, 0.1) is 0 Å². The second-order valence-corrected chi connectivity index (χ2v) is 4.84. The van der Waals surface area contributed by atoms with Crippen molar-refractivity contribution in [3.05, 3.63) is 26.7 Å². The second-order valence-electron chi connectivity index (χ2n) is 4.84. The summed E-state index contributed by atoms with van der Waals surface area (Å²) in [7, 11) is 0. The Morgan fingerprint density at radius 2 is 2.16 bits per heavy atom. The van der Waals surface area contributed by atoms with Crippen molar-refractivity contribution < 1.29 is 4.74 Å². The molecule has 19 heavy (non-hydrogen) atoms. The molecule has 0 bridgehead atoms. The van der Waals surface area contributed by atoms with Crippen molar-refractivity contribution in [2.24, 2.45) is 0 Å². The molecule has 0 aliphatic carbocycles. The average Bonchev–Trinajstić information content (AvgIpc) is 2.96. The highest BCUT2D eigenvalue weighted by atomic mass is 16.5. The monoisotopic (exact) mass is 264 g/mol. The Morgan fingerprint density at radius 1 is 1.37 bits per heavy atom. The zero-order valence-electron chi connectivity index (χ0n) is 10.9. The van der Waals surface area contributed by atoms with E-state index in [1.165, 1.54) is 4.57 Å². The van der Waals surface area contributed by atoms with Crippen LogP contribution in [0.4, 0.5) is 0 Å². The van der Waals surface area contributed by atoms with Crippen molar-refractivity contribution in [1.29, 1.82) is 0 Å². The lowest BCUT2D eigenvalue weighted by Crippen LogP contribution is -2.29. The minimum Gasteiger partial charge on any atom is -0.367 e. The van der Waals surface area contributed by atoms with Crippen LogP contribution in [0.3, 0.4) is 0 Å². The van der Waals surface area contributed by atoms with Gasteiger partial charge in [0.05, 0.1) is 6.10 Å². The van der Waals surface area contributed by atoms with Gasteiger partial charge >= 0.3 is 5.69 Å². The molecule has 2 aromatic heterocycles. The zero-order chi connectivity index (χ0) is 13.6. The highest BCUT2D eigenvalue weighted by molar-refractivity contribution is 5.69. The van der Waals surface area contributed by atoms with Gasteiger partial charge < -0.3 is 9.72 Å². The molecule has 2 aromatic rings. The van der Waals surface area contributed by atoms with Gasteiger partial charge in [-0.15, -0.1) is 0 Å². The maximum absolute atomic E-state index is 11.8. The molecule has 2 N–H and O–H groups in total. The molecule has 1 saturated heterocycles. The number of nitrogens with zero attached hydrogens (tertiary/aromatic N) is 2. The van der Waals surface area contributed by atoms with Crippen LogP contribution in [-0.4, -0.2) is 25.6 Å². The third kappa shape index (κ3) is 1.90. The number of aromatic amines is 2. The molecule has 1 aliphatic heterocycles. The maximum Gasteiger partial charge on any atom is 0.330 e. The molecule has 1 fully saturated rings. The van der Waals surface area contributed by atoms with Gasteiger partial charge in [-0.05, 0) is 26.7 Å². The first-order chi connectivity index (χ1) is 9.10. The third-order valence-electron chi connectivity index (χ3n) is 3.50. The van der Waals surface area contributed by atoms with E-state index in [1.54, 1.807) is 0 Å². The molecule has 0 saturated carbocycles. The molecule has 7 nitrogen and oxygen atoms in total. The summed E-state index contributed by atoms with van der Waals surface area (Å²) < 4.78 is 7.17. The number of hydrogen-bond acceptors (Lipinski definition) is 4. The summed E-state index contributed by atoms with van der Waals surface area (Å²) >= 11 is 0. The van der Waals surface area contributed by atoms with Gasteiger partial charge in [0.15, 0.2) is 5.65 Å². The molecule has 0 amide bonds. The zero-order valence-corrected chi connectivity index (χ0v) is 10.9. The molecule has 3 rings (SSSR count). The predicted molar refractivity (Wildman–Crippen MR) is 69.2 cm³/mol. The third-order valence-corrected chi connectivity index (χ3v) is 3.50. The Labute approximate surface area is 108 Å². The van der Waals surface area contributed by atoms with E-state index in [0.717, 1.165) is 12.8 Å². The fourth-order valence-electron chi connectivity index (χ4n) is 2.51. The fraction of sp³-hybridized carbons (Fsp3) is 0.583. The lowest BCUT2D eigenvalue weighted by molar-refractivity contribution is 0.0509. The van der Waals surface area contributed by atoms with Crippen LogP contribution in [0.1, 0.15) is 38.6 Å². The number of fused-ring (bicyclic) bond motifs is 1. The van der Waals surface area contributed by atoms with Gasteiger partial charge in [-0.25, -0.2) is 9.78 Å². The Hall–Kier alpha value is -1.89. The lowest BCUT2D eigenvalue weighted by Gasteiger charge is -2.06. The number of hydrogen-bond donors (Lipinski definition) is 2. The van der Waals surface area contributed by atoms with Gasteiger partial charge in [0.2, 0.25) is 0 Å². The molecular weight excluding hydrogens is 248 g/mol. The molecule has 3 heterocycles. The number of H-pyrrole nitrogens is 2. The predicted octanol–water partition coefficient (Wildman–Crippen LogP) is 0.673. The number of imidazole rings is 1. The molecule has 2 atom stereocenters. The largest absolute Gasteiger partial charge is 0.367 e. The minimum absolute atomic E-state index is 0.123. The standard InChI is InChI=1S/C12H16N4O3/c1-3-16-10-8(11(17)15-12(16)18)13-9(14-10)7-5-4-6(2)19-7/h6-7H,3-5H2,1-2H3,(H,13,14)(H,15,17,18). The van der Waals surface area contributed by atoms with Crippen LogP contribution < -0.4 is 11.2 Å². The van der Waals surface area contributed by atoms with Gasteiger partial charge in [-0.1, -0.05) is 0 Å². The van der Waals surface area contributed by atoms with E-state index in [1.807, 2.05) is 13.8 Å². The van der Waals surface area contributed by atoms with Crippen LogP contribution in [0.2, 0.25) is 0 Å². The summed E-state index contributed by atoms with van der Waals surface area (Å²) in [5.74, 6) is 0.623. The smallest absolute Gasteiger partial charge is 0.330 e. The summed E-state index contributed by atoms with van der Waals surface area (Å²) in [5, 5.41) is 0. The normalized spacial score (nSPS) is 23.3. The maximum atomic E-state index is 11.8. The van der Waals surface area contributed by atoms with E-state index in [2.05, 4.69) is 15.0 Å². The average molecular weight is 264 g/mol. The molecule has 0 spiro atoms. The van der Waals surface area contributed by atoms with Crippen LogP contribution >= 0.6 is 0 Å². The van der Waals surface area contributed by atoms with Crippen LogP contribution in [-0.2, 0) is 11.3 Å². The Kier molecular flexibility index (Phi) is 2.78. The van der Waals surface area contributed by atoms with Crippen molar-refractivity contribution in [2.75, 3.05) is 0 Å². The molecular formula is C12H16N4O3. The number of nitrogens with one attached hydrogen (secondary N) is 2. The van der Waals surface area contributed by atoms with E-state index in [-0.39, 0.29) is 12.2 Å². The Morgan fingerprint density at radius 3 is 2.79 bits per heavy atom. The van der Waals surface area contributed by atoms with E-state index >= 15 is 0 Å². The van der Waals surface area contributed by atoms with E-state index < -0.39 is 11.2 Å². The van der Waals surface area contributed by atoms with Gasteiger partial charge in [-0.3, -0.25) is 14.3 Å². The highest BCUT2D eigenvalue weighted by Crippen LogP contribution is 2.31. The Balaban J connectivity index is 2.17. The van der Waals surface area contributed by atoms with Gasteiger partial charge in [-0.2, -0.15) is 0 Å². The molecule has 2 unspecified atom stereocenters. The van der Waals surface area contributed by atoms with E-state index in [0.29, 0.717) is 23.5 Å². The van der Waals surface area contributed by atoms with Crippen molar-refractivity contribution in [3.8, 4) is 0 Å². The highest BCUT2D eigenvalue weighted by Gasteiger charge is 2.27. The van der Waals surface area contributed by atoms with E-state index in [4.69, 9.17) is 4.74 Å². The molecule has 0 radical (unpaired) electrons. The van der Waals surface area contributed by atoms with Crippen LogP contribution in [0.15, 0.2) is 9.59 Å². The molecule has 1 aliphatic rings. The lowest BCUT2D eigenvalue weighted by atomic mass is 10.2. The van der Waals surface area contributed by atoms with Gasteiger partial charge in [0.1, 0.15) is 17.4 Å². The quantitative estimate of drug-likeness (QED) is 0.833. The SMILES string of the molecule is CCn1c(=O)[nH]c(=O)c2[nH]c(C3CCC(C)O3)nc21. The summed E-state index contributed by atoms with van der Waals surface area (Å²) in [5.41, 5.74) is -0.137. The Bertz CT molecular complexity index is 727. The summed E-state index contributed by atoms with van der Waals surface area (Å²) in [6, 6.07) is 0. The van der Waals surface area contributed by atoms with Crippen molar-refractivity contribution in [3.63, 3.8) is 0 Å². The number of rotatable bonds is 2. The first-order valence-electron chi connectivity index (χ1n) is 6.48. The molecule has 0 aromatic carbocycles. The molecule has 7 heteroatoms.